The first-order valence-corrected chi connectivity index (χ1v) is 7.27. The van der Waals surface area contributed by atoms with Gasteiger partial charge in [-0.25, -0.2) is 17.5 Å². The summed E-state index contributed by atoms with van der Waals surface area (Å²) in [6, 6.07) is 3.46. The van der Waals surface area contributed by atoms with Crippen LogP contribution in [0.15, 0.2) is 35.5 Å². The van der Waals surface area contributed by atoms with Gasteiger partial charge in [-0.15, -0.1) is 0 Å². The molecule has 0 aliphatic carbocycles. The number of benzene rings is 1. The fraction of sp³-hybridized carbons (Fsp3) is 0.250. The second-order valence-electron chi connectivity index (χ2n) is 4.27. The molecule has 8 heteroatoms. The standard InChI is InChI=1S/C12H14FN3O3S/c1-16-7-10(5-14-16)6-15-20(18,19)12-4-9(8-17)2-3-11(12)13/h2-5,7,15,17H,6,8H2,1H3. The Morgan fingerprint density at radius 2 is 2.15 bits per heavy atom. The van der Waals surface area contributed by atoms with Gasteiger partial charge in [-0.1, -0.05) is 6.07 Å². The summed E-state index contributed by atoms with van der Waals surface area (Å²) in [5, 5.41) is 12.9. The van der Waals surface area contributed by atoms with Gasteiger partial charge in [0.15, 0.2) is 0 Å². The Labute approximate surface area is 115 Å². The Balaban J connectivity index is 2.21. The van der Waals surface area contributed by atoms with E-state index in [0.717, 1.165) is 12.1 Å². The zero-order chi connectivity index (χ0) is 14.8. The van der Waals surface area contributed by atoms with Crippen molar-refractivity contribution in [3.05, 3.63) is 47.5 Å². The molecule has 2 N–H and O–H groups in total. The van der Waals surface area contributed by atoms with Gasteiger partial charge < -0.3 is 5.11 Å². The molecule has 1 aromatic carbocycles. The number of hydrogen-bond acceptors (Lipinski definition) is 4. The summed E-state index contributed by atoms with van der Waals surface area (Å²) in [5.74, 6) is -0.860. The van der Waals surface area contributed by atoms with E-state index in [1.165, 1.54) is 16.9 Å². The van der Waals surface area contributed by atoms with Crippen molar-refractivity contribution in [3.63, 3.8) is 0 Å². The second-order valence-corrected chi connectivity index (χ2v) is 6.01. The van der Waals surface area contributed by atoms with Crippen molar-refractivity contribution in [1.29, 1.82) is 0 Å². The molecule has 0 saturated heterocycles. The van der Waals surface area contributed by atoms with Crippen molar-refractivity contribution in [2.45, 2.75) is 18.0 Å². The minimum atomic E-state index is -3.99. The number of aliphatic hydroxyl groups is 1. The number of hydrogen-bond donors (Lipinski definition) is 2. The van der Waals surface area contributed by atoms with Crippen molar-refractivity contribution in [1.82, 2.24) is 14.5 Å². The molecule has 0 aliphatic rings. The van der Waals surface area contributed by atoms with Crippen LogP contribution in [0.3, 0.4) is 0 Å². The van der Waals surface area contributed by atoms with Crippen LogP contribution < -0.4 is 4.72 Å². The van der Waals surface area contributed by atoms with Crippen LogP contribution >= 0.6 is 0 Å². The van der Waals surface area contributed by atoms with Crippen molar-refractivity contribution in [3.8, 4) is 0 Å². The Kier molecular flexibility index (Phi) is 4.17. The maximum atomic E-state index is 13.6. The SMILES string of the molecule is Cn1cc(CNS(=O)(=O)c2cc(CO)ccc2F)cn1. The molecule has 2 aromatic rings. The lowest BCUT2D eigenvalue weighted by molar-refractivity contribution is 0.281. The third-order valence-electron chi connectivity index (χ3n) is 2.69. The van der Waals surface area contributed by atoms with Gasteiger partial charge in [-0.05, 0) is 17.7 Å². The smallest absolute Gasteiger partial charge is 0.243 e. The number of aliphatic hydroxyl groups excluding tert-OH is 1. The summed E-state index contributed by atoms with van der Waals surface area (Å²) in [6.07, 6.45) is 3.17. The molecule has 0 fully saturated rings. The van der Waals surface area contributed by atoms with Crippen molar-refractivity contribution < 1.29 is 17.9 Å². The van der Waals surface area contributed by atoms with Crippen LogP contribution in [0.5, 0.6) is 0 Å². The maximum absolute atomic E-state index is 13.6. The second kappa shape index (κ2) is 5.70. The van der Waals surface area contributed by atoms with Gasteiger partial charge in [0.2, 0.25) is 10.0 Å². The van der Waals surface area contributed by atoms with Gasteiger partial charge in [0.25, 0.3) is 0 Å². The Morgan fingerprint density at radius 3 is 2.75 bits per heavy atom. The Bertz CT molecular complexity index is 712. The number of rotatable bonds is 5. The average molecular weight is 299 g/mol. The summed E-state index contributed by atoms with van der Waals surface area (Å²) >= 11 is 0. The maximum Gasteiger partial charge on any atom is 0.243 e. The molecular weight excluding hydrogens is 285 g/mol. The highest BCUT2D eigenvalue weighted by Crippen LogP contribution is 2.16. The van der Waals surface area contributed by atoms with E-state index in [4.69, 9.17) is 5.11 Å². The highest BCUT2D eigenvalue weighted by molar-refractivity contribution is 7.89. The van der Waals surface area contributed by atoms with Crippen LogP contribution in [0.25, 0.3) is 0 Å². The lowest BCUT2D eigenvalue weighted by atomic mass is 10.2. The molecule has 1 aromatic heterocycles. The van der Waals surface area contributed by atoms with E-state index in [9.17, 15) is 12.8 Å². The third-order valence-corrected chi connectivity index (χ3v) is 4.11. The molecule has 0 aliphatic heterocycles. The van der Waals surface area contributed by atoms with E-state index in [2.05, 4.69) is 9.82 Å². The van der Waals surface area contributed by atoms with E-state index < -0.39 is 20.7 Å². The molecular formula is C12H14FN3O3S. The van der Waals surface area contributed by atoms with E-state index in [1.807, 2.05) is 0 Å². The summed E-state index contributed by atoms with van der Waals surface area (Å²) in [6.45, 7) is -0.343. The van der Waals surface area contributed by atoms with Gasteiger partial charge in [-0.3, -0.25) is 4.68 Å². The van der Waals surface area contributed by atoms with Crippen molar-refractivity contribution >= 4 is 10.0 Å². The third kappa shape index (κ3) is 3.21. The molecule has 0 bridgehead atoms. The number of aromatic nitrogens is 2. The topological polar surface area (TPSA) is 84.2 Å². The predicted octanol–water partition coefficient (Wildman–Crippen LogP) is 0.530. The average Bonchev–Trinajstić information content (AvgIpc) is 2.83. The van der Waals surface area contributed by atoms with E-state index in [0.29, 0.717) is 11.1 Å². The molecule has 108 valence electrons. The fourth-order valence-corrected chi connectivity index (χ4v) is 2.81. The van der Waals surface area contributed by atoms with Crippen LogP contribution in [0.2, 0.25) is 0 Å². The van der Waals surface area contributed by atoms with Gasteiger partial charge in [-0.2, -0.15) is 5.10 Å². The molecule has 0 amide bonds. The first-order chi connectivity index (χ1) is 9.42. The highest BCUT2D eigenvalue weighted by Gasteiger charge is 2.19. The van der Waals surface area contributed by atoms with Gasteiger partial charge in [0.1, 0.15) is 10.7 Å². The van der Waals surface area contributed by atoms with Crippen LogP contribution in [-0.2, 0) is 30.2 Å². The van der Waals surface area contributed by atoms with Crippen LogP contribution in [0.1, 0.15) is 11.1 Å². The van der Waals surface area contributed by atoms with Crippen molar-refractivity contribution in [2.24, 2.45) is 7.05 Å². The number of nitrogens with one attached hydrogen (secondary N) is 1. The minimum Gasteiger partial charge on any atom is -0.392 e. The highest BCUT2D eigenvalue weighted by atomic mass is 32.2. The first-order valence-electron chi connectivity index (χ1n) is 5.79. The Morgan fingerprint density at radius 1 is 1.40 bits per heavy atom. The van der Waals surface area contributed by atoms with Gasteiger partial charge >= 0.3 is 0 Å². The van der Waals surface area contributed by atoms with Crippen molar-refractivity contribution in [2.75, 3.05) is 0 Å². The quantitative estimate of drug-likeness (QED) is 0.843. The number of sulfonamides is 1. The molecule has 0 radical (unpaired) electrons. The number of aryl methyl sites for hydroxylation is 1. The molecule has 20 heavy (non-hydrogen) atoms. The lowest BCUT2D eigenvalue weighted by Gasteiger charge is -2.08. The zero-order valence-corrected chi connectivity index (χ0v) is 11.6. The Hall–Kier alpha value is -1.77. The summed E-state index contributed by atoms with van der Waals surface area (Å²) in [7, 11) is -2.27. The normalized spacial score (nSPS) is 11.8. The fourth-order valence-electron chi connectivity index (χ4n) is 1.67. The summed E-state index contributed by atoms with van der Waals surface area (Å²) in [4.78, 5) is -0.479. The number of nitrogens with zero attached hydrogens (tertiary/aromatic N) is 2. The van der Waals surface area contributed by atoms with Crippen LogP contribution in [0.4, 0.5) is 4.39 Å². The molecule has 0 spiro atoms. The molecule has 0 atom stereocenters. The van der Waals surface area contributed by atoms with Gasteiger partial charge in [0, 0.05) is 25.4 Å². The van der Waals surface area contributed by atoms with E-state index in [-0.39, 0.29) is 13.2 Å². The van der Waals surface area contributed by atoms with E-state index >= 15 is 0 Å². The summed E-state index contributed by atoms with van der Waals surface area (Å²) in [5.41, 5.74) is 0.989. The largest absolute Gasteiger partial charge is 0.392 e. The molecule has 6 nitrogen and oxygen atoms in total. The first kappa shape index (κ1) is 14.6. The monoisotopic (exact) mass is 299 g/mol. The van der Waals surface area contributed by atoms with Gasteiger partial charge in [0.05, 0.1) is 12.8 Å². The predicted molar refractivity (Wildman–Crippen MR) is 69.6 cm³/mol. The van der Waals surface area contributed by atoms with Crippen LogP contribution in [-0.4, -0.2) is 23.3 Å². The van der Waals surface area contributed by atoms with E-state index in [1.54, 1.807) is 13.2 Å². The number of halogens is 1. The minimum absolute atomic E-state index is 0.0129. The lowest BCUT2D eigenvalue weighted by Crippen LogP contribution is -2.24. The molecule has 0 unspecified atom stereocenters. The molecule has 2 rings (SSSR count). The molecule has 1 heterocycles. The molecule has 0 saturated carbocycles. The zero-order valence-electron chi connectivity index (χ0n) is 10.7. The van der Waals surface area contributed by atoms with Crippen LogP contribution in [0, 0.1) is 5.82 Å². The summed E-state index contributed by atoms with van der Waals surface area (Å²) < 4.78 is 41.5.